The molecule has 0 amide bonds. The molecule has 0 radical (unpaired) electrons. The summed E-state index contributed by atoms with van der Waals surface area (Å²) in [7, 11) is 0. The van der Waals surface area contributed by atoms with Crippen LogP contribution in [0.3, 0.4) is 0 Å². The van der Waals surface area contributed by atoms with Crippen molar-refractivity contribution in [2.24, 2.45) is 0 Å². The molecular formula is C13H18OS. The number of carbonyl (C=O) groups excluding carboxylic acids is 1. The van der Waals surface area contributed by atoms with Crippen molar-refractivity contribution in [3.63, 3.8) is 0 Å². The first kappa shape index (κ1) is 12.3. The minimum Gasteiger partial charge on any atom is -0.294 e. The van der Waals surface area contributed by atoms with Crippen molar-refractivity contribution in [1.82, 2.24) is 0 Å². The van der Waals surface area contributed by atoms with Crippen LogP contribution in [0.1, 0.15) is 42.1 Å². The van der Waals surface area contributed by atoms with Crippen molar-refractivity contribution in [3.8, 4) is 0 Å². The lowest BCUT2D eigenvalue weighted by molar-refractivity contribution is 0.0989. The van der Waals surface area contributed by atoms with Gasteiger partial charge in [0.2, 0.25) is 0 Å². The molecule has 1 rings (SSSR count). The number of ketones is 1. The first-order chi connectivity index (χ1) is 7.15. The number of carbonyl (C=O) groups is 1. The largest absolute Gasteiger partial charge is 0.294 e. The summed E-state index contributed by atoms with van der Waals surface area (Å²) in [5.41, 5.74) is 2.10. The van der Waals surface area contributed by atoms with Crippen LogP contribution in [-0.4, -0.2) is 17.8 Å². The second kappa shape index (κ2) is 5.96. The third kappa shape index (κ3) is 3.71. The summed E-state index contributed by atoms with van der Waals surface area (Å²) in [4.78, 5) is 11.8. The molecule has 1 aromatic rings. The van der Waals surface area contributed by atoms with Crippen LogP contribution in [0.5, 0.6) is 0 Å². The number of hydrogen-bond acceptors (Lipinski definition) is 2. The summed E-state index contributed by atoms with van der Waals surface area (Å²) >= 11 is 1.71. The van der Waals surface area contributed by atoms with Crippen molar-refractivity contribution >= 4 is 17.5 Å². The monoisotopic (exact) mass is 222 g/mol. The Morgan fingerprint density at radius 3 is 2.73 bits per heavy atom. The molecule has 0 bridgehead atoms. The normalized spacial score (nSPS) is 10.7. The summed E-state index contributed by atoms with van der Waals surface area (Å²) in [5.74, 6) is 1.65. The van der Waals surface area contributed by atoms with Gasteiger partial charge in [-0.2, -0.15) is 11.8 Å². The van der Waals surface area contributed by atoms with Crippen LogP contribution in [0.15, 0.2) is 24.3 Å². The molecule has 15 heavy (non-hydrogen) atoms. The highest BCUT2D eigenvalue weighted by atomic mass is 32.2. The number of benzene rings is 1. The third-order valence-electron chi connectivity index (χ3n) is 2.41. The molecule has 0 aromatic heterocycles. The van der Waals surface area contributed by atoms with Gasteiger partial charge in [0.15, 0.2) is 5.78 Å². The van der Waals surface area contributed by atoms with Gasteiger partial charge in [0, 0.05) is 17.7 Å². The molecule has 1 nitrogen and oxygen atoms in total. The average molecular weight is 222 g/mol. The molecular weight excluding hydrogens is 204 g/mol. The average Bonchev–Trinajstić information content (AvgIpc) is 2.26. The fourth-order valence-electron chi connectivity index (χ4n) is 1.41. The van der Waals surface area contributed by atoms with Crippen molar-refractivity contribution in [2.45, 2.75) is 26.2 Å². The van der Waals surface area contributed by atoms with E-state index >= 15 is 0 Å². The SMILES string of the molecule is CSCCC(=O)c1cccc(C(C)C)c1. The lowest BCUT2D eigenvalue weighted by Crippen LogP contribution is -2.01. The van der Waals surface area contributed by atoms with E-state index in [9.17, 15) is 4.79 Å². The lowest BCUT2D eigenvalue weighted by atomic mass is 9.99. The zero-order chi connectivity index (χ0) is 11.3. The number of hydrogen-bond donors (Lipinski definition) is 0. The number of thioether (sulfide) groups is 1. The standard InChI is InChI=1S/C13H18OS/c1-10(2)11-5-4-6-12(9-11)13(14)7-8-15-3/h4-6,9-10H,7-8H2,1-3H3. The highest BCUT2D eigenvalue weighted by Crippen LogP contribution is 2.16. The van der Waals surface area contributed by atoms with E-state index in [1.54, 1.807) is 11.8 Å². The molecule has 0 spiro atoms. The van der Waals surface area contributed by atoms with E-state index in [0.29, 0.717) is 12.3 Å². The van der Waals surface area contributed by atoms with Gasteiger partial charge in [-0.3, -0.25) is 4.79 Å². The molecule has 0 N–H and O–H groups in total. The maximum absolute atomic E-state index is 11.8. The van der Waals surface area contributed by atoms with E-state index in [1.165, 1.54) is 5.56 Å². The minimum absolute atomic E-state index is 0.256. The van der Waals surface area contributed by atoms with E-state index in [4.69, 9.17) is 0 Å². The van der Waals surface area contributed by atoms with Crippen molar-refractivity contribution in [1.29, 1.82) is 0 Å². The molecule has 0 aliphatic heterocycles. The fourth-order valence-corrected chi connectivity index (χ4v) is 1.80. The van der Waals surface area contributed by atoms with Crippen LogP contribution >= 0.6 is 11.8 Å². The second-order valence-electron chi connectivity index (χ2n) is 3.95. The van der Waals surface area contributed by atoms with E-state index < -0.39 is 0 Å². The molecule has 2 heteroatoms. The van der Waals surface area contributed by atoms with Gasteiger partial charge >= 0.3 is 0 Å². The summed E-state index contributed by atoms with van der Waals surface area (Å²) in [6.07, 6.45) is 2.67. The molecule has 0 saturated carbocycles. The van der Waals surface area contributed by atoms with Crippen molar-refractivity contribution in [3.05, 3.63) is 35.4 Å². The zero-order valence-electron chi connectivity index (χ0n) is 9.62. The Kier molecular flexibility index (Phi) is 4.89. The third-order valence-corrected chi connectivity index (χ3v) is 3.02. The molecule has 0 aliphatic rings. The van der Waals surface area contributed by atoms with Crippen LogP contribution in [0, 0.1) is 0 Å². The first-order valence-electron chi connectivity index (χ1n) is 5.27. The fraction of sp³-hybridized carbons (Fsp3) is 0.462. The van der Waals surface area contributed by atoms with Gasteiger partial charge in [0.1, 0.15) is 0 Å². The van der Waals surface area contributed by atoms with Crippen LogP contribution in [-0.2, 0) is 0 Å². The molecule has 0 aliphatic carbocycles. The summed E-state index contributed by atoms with van der Waals surface area (Å²) in [6, 6.07) is 7.99. The smallest absolute Gasteiger partial charge is 0.163 e. The Morgan fingerprint density at radius 1 is 1.40 bits per heavy atom. The quantitative estimate of drug-likeness (QED) is 0.706. The van der Waals surface area contributed by atoms with Crippen LogP contribution in [0.25, 0.3) is 0 Å². The Bertz CT molecular complexity index is 331. The summed E-state index contributed by atoms with van der Waals surface area (Å²) in [5, 5.41) is 0. The summed E-state index contributed by atoms with van der Waals surface area (Å²) < 4.78 is 0. The predicted molar refractivity (Wildman–Crippen MR) is 67.9 cm³/mol. The van der Waals surface area contributed by atoms with Crippen LogP contribution in [0.2, 0.25) is 0 Å². The van der Waals surface area contributed by atoms with Gasteiger partial charge in [0.25, 0.3) is 0 Å². The Morgan fingerprint density at radius 2 is 2.13 bits per heavy atom. The highest BCUT2D eigenvalue weighted by molar-refractivity contribution is 7.98. The van der Waals surface area contributed by atoms with Crippen LogP contribution in [0.4, 0.5) is 0 Å². The molecule has 0 atom stereocenters. The van der Waals surface area contributed by atoms with Gasteiger partial charge in [-0.05, 0) is 23.8 Å². The molecule has 0 heterocycles. The summed E-state index contributed by atoms with van der Waals surface area (Å²) in [6.45, 7) is 4.29. The first-order valence-corrected chi connectivity index (χ1v) is 6.66. The van der Waals surface area contributed by atoms with Crippen LogP contribution < -0.4 is 0 Å². The molecule has 0 saturated heterocycles. The molecule has 0 unspecified atom stereocenters. The van der Waals surface area contributed by atoms with Gasteiger partial charge in [0.05, 0.1) is 0 Å². The minimum atomic E-state index is 0.256. The Balaban J connectivity index is 2.76. The molecule has 0 fully saturated rings. The second-order valence-corrected chi connectivity index (χ2v) is 4.93. The van der Waals surface area contributed by atoms with Gasteiger partial charge in [-0.15, -0.1) is 0 Å². The number of rotatable bonds is 5. The van der Waals surface area contributed by atoms with Gasteiger partial charge < -0.3 is 0 Å². The van der Waals surface area contributed by atoms with E-state index in [2.05, 4.69) is 19.9 Å². The highest BCUT2D eigenvalue weighted by Gasteiger charge is 2.07. The van der Waals surface area contributed by atoms with Crippen molar-refractivity contribution in [2.75, 3.05) is 12.0 Å². The van der Waals surface area contributed by atoms with Gasteiger partial charge in [-0.1, -0.05) is 32.0 Å². The molecule has 82 valence electrons. The number of Topliss-reactive ketones (excluding diaryl/α,β-unsaturated/α-hetero) is 1. The maximum Gasteiger partial charge on any atom is 0.163 e. The van der Waals surface area contributed by atoms with E-state index in [-0.39, 0.29) is 5.78 Å². The molecule has 1 aromatic carbocycles. The topological polar surface area (TPSA) is 17.1 Å². The van der Waals surface area contributed by atoms with Gasteiger partial charge in [-0.25, -0.2) is 0 Å². The van der Waals surface area contributed by atoms with Crippen molar-refractivity contribution < 1.29 is 4.79 Å². The predicted octanol–water partition coefficient (Wildman–Crippen LogP) is 3.75. The van der Waals surface area contributed by atoms with E-state index in [0.717, 1.165) is 11.3 Å². The zero-order valence-corrected chi connectivity index (χ0v) is 10.4. The Labute approximate surface area is 96.3 Å². The van der Waals surface area contributed by atoms with E-state index in [1.807, 2.05) is 24.5 Å². The maximum atomic E-state index is 11.8. The lowest BCUT2D eigenvalue weighted by Gasteiger charge is -2.07. The Hall–Kier alpha value is -0.760.